The monoisotopic (exact) mass is 268 g/mol. The number of nitrogens with zero attached hydrogens (tertiary/aromatic N) is 2. The van der Waals surface area contributed by atoms with Gasteiger partial charge in [-0.3, -0.25) is 9.80 Å². The highest BCUT2D eigenvalue weighted by atomic mass is 32.1. The zero-order valence-electron chi connectivity index (χ0n) is 10.4. The number of aromatic amines is 1. The van der Waals surface area contributed by atoms with E-state index < -0.39 is 0 Å². The van der Waals surface area contributed by atoms with E-state index in [4.69, 9.17) is 23.1 Å². The van der Waals surface area contributed by atoms with Crippen LogP contribution >= 0.6 is 12.2 Å². The molecule has 0 radical (unpaired) electrons. The molecule has 1 saturated heterocycles. The molecule has 0 bridgehead atoms. The largest absolute Gasteiger partial charge is 0.395 e. The Morgan fingerprint density at radius 3 is 2.67 bits per heavy atom. The molecule has 1 aromatic rings. The molecule has 1 unspecified atom stereocenters. The highest BCUT2D eigenvalue weighted by molar-refractivity contribution is 7.80. The SMILES string of the molecule is NC(=S)C(c1ccc[nH]1)N1CCN(CCO)CC1. The Kier molecular flexibility index (Phi) is 4.71. The average Bonchev–Trinajstić information content (AvgIpc) is 2.85. The maximum absolute atomic E-state index is 8.93. The second-order valence-corrected chi connectivity index (χ2v) is 5.00. The van der Waals surface area contributed by atoms with Gasteiger partial charge >= 0.3 is 0 Å². The van der Waals surface area contributed by atoms with Gasteiger partial charge in [0.25, 0.3) is 0 Å². The van der Waals surface area contributed by atoms with Gasteiger partial charge in [-0.15, -0.1) is 0 Å². The maximum atomic E-state index is 8.93. The molecule has 1 aromatic heterocycles. The lowest BCUT2D eigenvalue weighted by molar-refractivity contribution is 0.100. The van der Waals surface area contributed by atoms with Crippen molar-refractivity contribution < 1.29 is 5.11 Å². The third-order valence-electron chi connectivity index (χ3n) is 3.37. The summed E-state index contributed by atoms with van der Waals surface area (Å²) in [6, 6.07) is 3.97. The van der Waals surface area contributed by atoms with Crippen LogP contribution in [0.3, 0.4) is 0 Å². The summed E-state index contributed by atoms with van der Waals surface area (Å²) in [6.45, 7) is 4.69. The van der Waals surface area contributed by atoms with Gasteiger partial charge in [-0.2, -0.15) is 0 Å². The van der Waals surface area contributed by atoms with Gasteiger partial charge in [0, 0.05) is 44.6 Å². The van der Waals surface area contributed by atoms with Crippen molar-refractivity contribution in [2.24, 2.45) is 5.73 Å². The van der Waals surface area contributed by atoms with Crippen molar-refractivity contribution in [3.05, 3.63) is 24.0 Å². The van der Waals surface area contributed by atoms with Crippen LogP contribution in [0.25, 0.3) is 0 Å². The number of H-pyrrole nitrogens is 1. The Bertz CT molecular complexity index is 373. The number of thiocarbonyl (C=S) groups is 1. The van der Waals surface area contributed by atoms with Crippen LogP contribution in [0.1, 0.15) is 11.7 Å². The first-order valence-electron chi connectivity index (χ1n) is 6.22. The molecule has 18 heavy (non-hydrogen) atoms. The summed E-state index contributed by atoms with van der Waals surface area (Å²) in [6.07, 6.45) is 1.89. The van der Waals surface area contributed by atoms with Gasteiger partial charge in [0.15, 0.2) is 0 Å². The van der Waals surface area contributed by atoms with Gasteiger partial charge in [0.05, 0.1) is 11.6 Å². The molecule has 0 spiro atoms. The van der Waals surface area contributed by atoms with Gasteiger partial charge in [0.1, 0.15) is 6.04 Å². The summed E-state index contributed by atoms with van der Waals surface area (Å²) in [4.78, 5) is 8.24. The first kappa shape index (κ1) is 13.5. The Balaban J connectivity index is 1.99. The molecule has 1 atom stereocenters. The van der Waals surface area contributed by atoms with Gasteiger partial charge in [-0.05, 0) is 12.1 Å². The summed E-state index contributed by atoms with van der Waals surface area (Å²) in [5.41, 5.74) is 6.92. The smallest absolute Gasteiger partial charge is 0.101 e. The van der Waals surface area contributed by atoms with E-state index in [1.54, 1.807) is 0 Å². The maximum Gasteiger partial charge on any atom is 0.101 e. The van der Waals surface area contributed by atoms with Crippen LogP contribution in [0.2, 0.25) is 0 Å². The molecular weight excluding hydrogens is 248 g/mol. The number of nitrogens with two attached hydrogens (primary N) is 1. The van der Waals surface area contributed by atoms with Crippen LogP contribution in [0, 0.1) is 0 Å². The Hall–Kier alpha value is -0.950. The van der Waals surface area contributed by atoms with E-state index in [0.29, 0.717) is 4.99 Å². The van der Waals surface area contributed by atoms with Crippen molar-refractivity contribution in [3.63, 3.8) is 0 Å². The number of aromatic nitrogens is 1. The molecule has 2 rings (SSSR count). The summed E-state index contributed by atoms with van der Waals surface area (Å²) in [7, 11) is 0. The predicted octanol–water partition coefficient (Wildman–Crippen LogP) is -0.0482. The van der Waals surface area contributed by atoms with Crippen LogP contribution in [-0.4, -0.2) is 64.2 Å². The molecule has 0 aliphatic carbocycles. The number of piperazine rings is 1. The quantitative estimate of drug-likeness (QED) is 0.653. The average molecular weight is 268 g/mol. The van der Waals surface area contributed by atoms with Crippen molar-refractivity contribution in [2.45, 2.75) is 6.04 Å². The Labute approximate surface area is 113 Å². The predicted molar refractivity (Wildman–Crippen MR) is 75.4 cm³/mol. The molecule has 1 aliphatic rings. The lowest BCUT2D eigenvalue weighted by Gasteiger charge is -2.38. The van der Waals surface area contributed by atoms with E-state index in [1.165, 1.54) is 0 Å². The summed E-state index contributed by atoms with van der Waals surface area (Å²) >= 11 is 5.19. The first-order valence-corrected chi connectivity index (χ1v) is 6.63. The molecule has 0 aromatic carbocycles. The fraction of sp³-hybridized carbons (Fsp3) is 0.583. The van der Waals surface area contributed by atoms with Crippen molar-refractivity contribution in [2.75, 3.05) is 39.3 Å². The summed E-state index contributed by atoms with van der Waals surface area (Å²) in [5.74, 6) is 0. The lowest BCUT2D eigenvalue weighted by Crippen LogP contribution is -2.50. The van der Waals surface area contributed by atoms with E-state index in [0.717, 1.165) is 38.4 Å². The standard InChI is InChI=1S/C12H20N4OS/c13-12(18)11(10-2-1-3-14-10)16-6-4-15(5-7-16)8-9-17/h1-3,11,14,17H,4-9H2,(H2,13,18). The van der Waals surface area contributed by atoms with Crippen molar-refractivity contribution >= 4 is 17.2 Å². The second-order valence-electron chi connectivity index (χ2n) is 4.53. The molecule has 2 heterocycles. The van der Waals surface area contributed by atoms with E-state index in [-0.39, 0.29) is 12.6 Å². The number of hydrogen-bond donors (Lipinski definition) is 3. The molecular formula is C12H20N4OS. The molecule has 100 valence electrons. The Morgan fingerprint density at radius 2 is 2.17 bits per heavy atom. The molecule has 4 N–H and O–H groups in total. The fourth-order valence-electron chi connectivity index (χ4n) is 2.43. The molecule has 6 heteroatoms. The number of β-amino-alcohol motifs (C(OH)–C–C–N with tert-alkyl or cyclic N) is 1. The second kappa shape index (κ2) is 6.29. The zero-order chi connectivity index (χ0) is 13.0. The highest BCUT2D eigenvalue weighted by Crippen LogP contribution is 2.21. The topological polar surface area (TPSA) is 68.5 Å². The van der Waals surface area contributed by atoms with Gasteiger partial charge < -0.3 is 15.8 Å². The highest BCUT2D eigenvalue weighted by Gasteiger charge is 2.27. The normalized spacial score (nSPS) is 19.8. The van der Waals surface area contributed by atoms with E-state index in [2.05, 4.69) is 14.8 Å². The van der Waals surface area contributed by atoms with Gasteiger partial charge in [-0.1, -0.05) is 12.2 Å². The van der Waals surface area contributed by atoms with Crippen LogP contribution in [0.5, 0.6) is 0 Å². The van der Waals surface area contributed by atoms with Crippen LogP contribution in [0.15, 0.2) is 18.3 Å². The number of aliphatic hydroxyl groups is 1. The number of rotatable bonds is 5. The number of hydrogen-bond acceptors (Lipinski definition) is 4. The minimum absolute atomic E-state index is 0.00808. The fourth-order valence-corrected chi connectivity index (χ4v) is 2.71. The molecule has 1 fully saturated rings. The minimum Gasteiger partial charge on any atom is -0.395 e. The summed E-state index contributed by atoms with van der Waals surface area (Å²) < 4.78 is 0. The van der Waals surface area contributed by atoms with E-state index in [9.17, 15) is 0 Å². The first-order chi connectivity index (χ1) is 8.72. The Morgan fingerprint density at radius 1 is 1.44 bits per heavy atom. The van der Waals surface area contributed by atoms with Crippen molar-refractivity contribution in [1.29, 1.82) is 0 Å². The minimum atomic E-state index is -0.00808. The van der Waals surface area contributed by atoms with Crippen molar-refractivity contribution in [1.82, 2.24) is 14.8 Å². The van der Waals surface area contributed by atoms with Crippen LogP contribution < -0.4 is 5.73 Å². The molecule has 1 aliphatic heterocycles. The lowest BCUT2D eigenvalue weighted by atomic mass is 10.1. The number of aliphatic hydroxyl groups excluding tert-OH is 1. The molecule has 0 saturated carbocycles. The summed E-state index contributed by atoms with van der Waals surface area (Å²) in [5, 5.41) is 8.93. The van der Waals surface area contributed by atoms with Gasteiger partial charge in [0.2, 0.25) is 0 Å². The van der Waals surface area contributed by atoms with Gasteiger partial charge in [-0.25, -0.2) is 0 Å². The third-order valence-corrected chi connectivity index (χ3v) is 3.60. The van der Waals surface area contributed by atoms with E-state index >= 15 is 0 Å². The molecule has 5 nitrogen and oxygen atoms in total. The van der Waals surface area contributed by atoms with Crippen LogP contribution in [0.4, 0.5) is 0 Å². The van der Waals surface area contributed by atoms with Crippen LogP contribution in [-0.2, 0) is 0 Å². The van der Waals surface area contributed by atoms with Crippen molar-refractivity contribution in [3.8, 4) is 0 Å². The number of nitrogens with one attached hydrogen (secondary N) is 1. The third kappa shape index (κ3) is 3.08. The molecule has 0 amide bonds. The van der Waals surface area contributed by atoms with E-state index in [1.807, 2.05) is 18.3 Å². The zero-order valence-corrected chi connectivity index (χ0v) is 11.2.